The zero-order valence-electron chi connectivity index (χ0n) is 29.5. The van der Waals surface area contributed by atoms with E-state index in [-0.39, 0.29) is 29.9 Å². The smallest absolute Gasteiger partial charge is 0.410 e. The zero-order chi connectivity index (χ0) is 34.7. The quantitative estimate of drug-likeness (QED) is 0.232. The third-order valence-corrected chi connectivity index (χ3v) is 10.3. The molecule has 3 fully saturated rings. The predicted molar refractivity (Wildman–Crippen MR) is 190 cm³/mol. The molecule has 6 rings (SSSR count). The largest absolute Gasteiger partial charge is 0.481 e. The number of piperidine rings is 2. The Labute approximate surface area is 289 Å². The molecule has 1 saturated carbocycles. The van der Waals surface area contributed by atoms with Gasteiger partial charge in [0.2, 0.25) is 5.91 Å². The maximum atomic E-state index is 14.9. The molecule has 1 N–H and O–H groups in total. The molecule has 3 aromatic rings. The first-order valence-electron chi connectivity index (χ1n) is 17.9. The maximum Gasteiger partial charge on any atom is 0.410 e. The number of carbonyl (C=O) groups is 3. The number of aromatic nitrogens is 1. The van der Waals surface area contributed by atoms with Crippen molar-refractivity contribution in [3.05, 3.63) is 65.9 Å². The van der Waals surface area contributed by atoms with Gasteiger partial charge in [-0.1, -0.05) is 30.3 Å². The molecule has 10 heteroatoms. The molecule has 0 radical (unpaired) electrons. The highest BCUT2D eigenvalue weighted by Crippen LogP contribution is 2.40. The lowest BCUT2D eigenvalue weighted by Gasteiger charge is -2.41. The minimum Gasteiger partial charge on any atom is -0.481 e. The number of para-hydroxylation sites is 1. The van der Waals surface area contributed by atoms with Crippen molar-refractivity contribution < 1.29 is 29.0 Å². The van der Waals surface area contributed by atoms with Crippen molar-refractivity contribution in [1.29, 1.82) is 0 Å². The molecule has 0 bridgehead atoms. The Kier molecular flexibility index (Phi) is 10.5. The highest BCUT2D eigenvalue weighted by Gasteiger charge is 2.43. The fourth-order valence-corrected chi connectivity index (χ4v) is 7.61. The highest BCUT2D eigenvalue weighted by atomic mass is 16.6. The van der Waals surface area contributed by atoms with Gasteiger partial charge in [-0.2, -0.15) is 0 Å². The van der Waals surface area contributed by atoms with Crippen LogP contribution in [0.1, 0.15) is 76.3 Å². The normalized spacial score (nSPS) is 20.4. The summed E-state index contributed by atoms with van der Waals surface area (Å²) < 4.78 is 13.4. The minimum absolute atomic E-state index is 0.0701. The summed E-state index contributed by atoms with van der Waals surface area (Å²) in [7, 11) is 1.72. The van der Waals surface area contributed by atoms with E-state index in [1.165, 1.54) is 0 Å². The van der Waals surface area contributed by atoms with Gasteiger partial charge in [-0.05, 0) is 94.5 Å². The summed E-state index contributed by atoms with van der Waals surface area (Å²) in [6.07, 6.45) is 6.57. The minimum atomic E-state index is -0.720. The molecule has 3 heterocycles. The molecule has 1 aromatic heterocycles. The number of ether oxygens (including phenoxy) is 2. The van der Waals surface area contributed by atoms with Crippen molar-refractivity contribution >= 4 is 34.6 Å². The molecule has 2 saturated heterocycles. The van der Waals surface area contributed by atoms with E-state index in [0.29, 0.717) is 58.6 Å². The Morgan fingerprint density at radius 3 is 2.41 bits per heavy atom. The maximum absolute atomic E-state index is 14.9. The molecular weight excluding hydrogens is 620 g/mol. The Balaban J connectivity index is 1.28. The van der Waals surface area contributed by atoms with Crippen LogP contribution in [-0.4, -0.2) is 89.0 Å². The summed E-state index contributed by atoms with van der Waals surface area (Å²) in [6, 6.07) is 17.0. The Bertz CT molecular complexity index is 1630. The van der Waals surface area contributed by atoms with Crippen LogP contribution in [0.15, 0.2) is 54.7 Å². The summed E-state index contributed by atoms with van der Waals surface area (Å²) in [5.74, 6) is -1.43. The van der Waals surface area contributed by atoms with Gasteiger partial charge < -0.3 is 33.8 Å². The van der Waals surface area contributed by atoms with Gasteiger partial charge in [0.25, 0.3) is 0 Å². The average Bonchev–Trinajstić information content (AvgIpc) is 3.88. The first-order chi connectivity index (χ1) is 23.5. The summed E-state index contributed by atoms with van der Waals surface area (Å²) in [6.45, 7) is 9.84. The second-order valence-corrected chi connectivity index (χ2v) is 15.0. The third kappa shape index (κ3) is 8.23. The van der Waals surface area contributed by atoms with Crippen LogP contribution in [0.3, 0.4) is 0 Å². The molecule has 10 nitrogen and oxygen atoms in total. The monoisotopic (exact) mass is 672 g/mol. The number of hydrogen-bond donors (Lipinski definition) is 1. The first-order valence-corrected chi connectivity index (χ1v) is 17.9. The van der Waals surface area contributed by atoms with Crippen LogP contribution in [0.4, 0.5) is 10.5 Å². The van der Waals surface area contributed by atoms with Gasteiger partial charge >= 0.3 is 12.1 Å². The standard InChI is InChI=1S/C39H52N4O6/c1-39(2,3)49-38(47)42-21-17-32(28-9-7-10-31(23-28)40-19-15-27(16-20-40)37(45)46)34(26-42)36(44)43(30-13-14-30)25-29-24-41(18-8-22-48-4)35-12-6-5-11-33(29)35/h5-7,9-12,23-24,27,30,32,34H,8,13-22,25-26H2,1-4H3,(H,45,46)/t32-,34+/m1/s1. The van der Waals surface area contributed by atoms with Gasteiger partial charge in [0.15, 0.2) is 0 Å². The van der Waals surface area contributed by atoms with Crippen molar-refractivity contribution in [3.8, 4) is 0 Å². The van der Waals surface area contributed by atoms with Crippen molar-refractivity contribution in [3.63, 3.8) is 0 Å². The van der Waals surface area contributed by atoms with Crippen LogP contribution in [0.2, 0.25) is 0 Å². The van der Waals surface area contributed by atoms with Crippen LogP contribution >= 0.6 is 0 Å². The number of methoxy groups -OCH3 is 1. The number of benzene rings is 2. The summed E-state index contributed by atoms with van der Waals surface area (Å²) >= 11 is 0. The molecule has 49 heavy (non-hydrogen) atoms. The molecule has 0 spiro atoms. The second kappa shape index (κ2) is 14.8. The lowest BCUT2D eigenvalue weighted by molar-refractivity contribution is -0.142. The van der Waals surface area contributed by atoms with Crippen LogP contribution < -0.4 is 4.90 Å². The molecule has 1 aliphatic carbocycles. The summed E-state index contributed by atoms with van der Waals surface area (Å²) in [4.78, 5) is 45.9. The van der Waals surface area contributed by atoms with Gasteiger partial charge in [0.1, 0.15) is 5.60 Å². The molecule has 2 amide bonds. The van der Waals surface area contributed by atoms with Gasteiger partial charge in [-0.3, -0.25) is 9.59 Å². The fraction of sp³-hybridized carbons (Fsp3) is 0.564. The number of carboxylic acid groups (broad SMARTS) is 1. The van der Waals surface area contributed by atoms with E-state index >= 15 is 0 Å². The molecule has 0 unspecified atom stereocenters. The van der Waals surface area contributed by atoms with Crippen LogP contribution in [0, 0.1) is 11.8 Å². The average molecular weight is 673 g/mol. The number of fused-ring (bicyclic) bond motifs is 1. The Morgan fingerprint density at radius 1 is 0.959 bits per heavy atom. The van der Waals surface area contributed by atoms with Gasteiger partial charge in [0.05, 0.1) is 11.8 Å². The van der Waals surface area contributed by atoms with Gasteiger partial charge in [-0.25, -0.2) is 4.79 Å². The number of carboxylic acids is 1. The highest BCUT2D eigenvalue weighted by molar-refractivity contribution is 5.86. The van der Waals surface area contributed by atoms with E-state index in [9.17, 15) is 19.5 Å². The Hall–Kier alpha value is -4.05. The number of likely N-dealkylation sites (tertiary alicyclic amines) is 1. The van der Waals surface area contributed by atoms with Crippen molar-refractivity contribution in [2.45, 2.75) is 89.9 Å². The van der Waals surface area contributed by atoms with Crippen LogP contribution in [0.5, 0.6) is 0 Å². The second-order valence-electron chi connectivity index (χ2n) is 15.0. The lowest BCUT2D eigenvalue weighted by atomic mass is 9.79. The Morgan fingerprint density at radius 2 is 1.71 bits per heavy atom. The SMILES string of the molecule is COCCCn1cc(CN(C(=O)[C@H]2CN(C(=O)OC(C)(C)C)CC[C@@H]2c2cccc(N3CCC(C(=O)O)CC3)c2)C2CC2)c2ccccc21. The predicted octanol–water partition coefficient (Wildman–Crippen LogP) is 6.51. The zero-order valence-corrected chi connectivity index (χ0v) is 29.5. The molecular formula is C39H52N4O6. The molecule has 2 atom stereocenters. The van der Waals surface area contributed by atoms with Gasteiger partial charge in [0, 0.05) is 81.8 Å². The molecule has 2 aliphatic heterocycles. The van der Waals surface area contributed by atoms with Crippen LogP contribution in [-0.2, 0) is 32.2 Å². The number of rotatable bonds is 11. The number of nitrogens with zero attached hydrogens (tertiary/aromatic N) is 4. The summed E-state index contributed by atoms with van der Waals surface area (Å²) in [5.41, 5.74) is 3.81. The van der Waals surface area contributed by atoms with E-state index in [2.05, 4.69) is 63.0 Å². The van der Waals surface area contributed by atoms with Crippen molar-refractivity contribution in [1.82, 2.24) is 14.4 Å². The molecule has 3 aliphatic rings. The third-order valence-electron chi connectivity index (χ3n) is 10.3. The number of aryl methyl sites for hydroxylation is 1. The van der Waals surface area contributed by atoms with E-state index < -0.39 is 17.5 Å². The van der Waals surface area contributed by atoms with E-state index in [1.54, 1.807) is 12.0 Å². The van der Waals surface area contributed by atoms with Crippen molar-refractivity contribution in [2.75, 3.05) is 44.8 Å². The number of anilines is 1. The van der Waals surface area contributed by atoms with Gasteiger partial charge in [-0.15, -0.1) is 0 Å². The molecule has 2 aromatic carbocycles. The van der Waals surface area contributed by atoms with Crippen LogP contribution in [0.25, 0.3) is 10.9 Å². The lowest BCUT2D eigenvalue weighted by Crippen LogP contribution is -2.51. The van der Waals surface area contributed by atoms with E-state index in [0.717, 1.165) is 53.5 Å². The number of aliphatic carboxylic acids is 1. The summed E-state index contributed by atoms with van der Waals surface area (Å²) in [5, 5.41) is 10.7. The van der Waals surface area contributed by atoms with E-state index in [1.807, 2.05) is 26.8 Å². The number of hydrogen-bond acceptors (Lipinski definition) is 6. The number of carbonyl (C=O) groups excluding carboxylic acids is 2. The van der Waals surface area contributed by atoms with E-state index in [4.69, 9.17) is 9.47 Å². The fourth-order valence-electron chi connectivity index (χ4n) is 7.61. The topological polar surface area (TPSA) is 105 Å². The van der Waals surface area contributed by atoms with Crippen molar-refractivity contribution in [2.24, 2.45) is 11.8 Å². The first kappa shape index (κ1) is 34.8. The molecule has 264 valence electrons. The number of amides is 2.